The maximum atomic E-state index is 11.8. The molecule has 4 nitrogen and oxygen atoms in total. The summed E-state index contributed by atoms with van der Waals surface area (Å²) in [6.45, 7) is 0.701. The molecule has 0 amide bonds. The van der Waals surface area contributed by atoms with E-state index in [2.05, 4.69) is 37.0 Å². The Labute approximate surface area is 104 Å². The largest absolute Gasteiger partial charge is 0.356 e. The Morgan fingerprint density at radius 3 is 2.93 bits per heavy atom. The zero-order valence-electron chi connectivity index (χ0n) is 7.95. The van der Waals surface area contributed by atoms with E-state index in [1.807, 2.05) is 0 Å². The highest BCUT2D eigenvalue weighted by atomic mass is 79.9. The zero-order valence-corrected chi connectivity index (χ0v) is 11.1. The molecule has 1 fully saturated rings. The summed E-state index contributed by atoms with van der Waals surface area (Å²) >= 11 is 6.46. The van der Waals surface area contributed by atoms with E-state index >= 15 is 0 Å². The van der Waals surface area contributed by atoms with Gasteiger partial charge in [-0.2, -0.15) is 9.78 Å². The van der Waals surface area contributed by atoms with Gasteiger partial charge >= 0.3 is 0 Å². The molecule has 0 aromatic carbocycles. The molecule has 0 saturated carbocycles. The van der Waals surface area contributed by atoms with Crippen molar-refractivity contribution >= 4 is 31.9 Å². The molecule has 6 heteroatoms. The van der Waals surface area contributed by atoms with Crippen molar-refractivity contribution in [2.75, 3.05) is 6.61 Å². The van der Waals surface area contributed by atoms with Crippen LogP contribution in [0.4, 0.5) is 0 Å². The molecule has 82 valence electrons. The second kappa shape index (κ2) is 4.76. The molecular weight excluding hydrogens is 328 g/mol. The third-order valence-electron chi connectivity index (χ3n) is 2.33. The summed E-state index contributed by atoms with van der Waals surface area (Å²) in [6, 6.07) is 0. The Balaban J connectivity index is 2.35. The predicted octanol–water partition coefficient (Wildman–Crippen LogP) is 2.47. The topological polar surface area (TPSA) is 44.1 Å². The monoisotopic (exact) mass is 336 g/mol. The normalized spacial score (nSPS) is 21.6. The first-order valence-corrected chi connectivity index (χ1v) is 6.33. The van der Waals surface area contributed by atoms with E-state index in [0.29, 0.717) is 15.6 Å². The molecular formula is C9H10Br2N2O2. The van der Waals surface area contributed by atoms with Crippen molar-refractivity contribution in [2.24, 2.45) is 0 Å². The van der Waals surface area contributed by atoms with Crippen molar-refractivity contribution in [3.05, 3.63) is 25.5 Å². The molecule has 15 heavy (non-hydrogen) atoms. The molecule has 0 radical (unpaired) electrons. The van der Waals surface area contributed by atoms with Crippen LogP contribution in [-0.4, -0.2) is 16.4 Å². The zero-order chi connectivity index (χ0) is 10.8. The van der Waals surface area contributed by atoms with Crippen LogP contribution in [-0.2, 0) is 4.74 Å². The van der Waals surface area contributed by atoms with Gasteiger partial charge in [-0.3, -0.25) is 4.79 Å². The molecule has 1 saturated heterocycles. The SMILES string of the molecule is O=c1c(Br)c(Br)cnn1C1CCCCO1. The summed E-state index contributed by atoms with van der Waals surface area (Å²) < 4.78 is 8.06. The lowest BCUT2D eigenvalue weighted by Gasteiger charge is -2.23. The Morgan fingerprint density at radius 1 is 1.47 bits per heavy atom. The van der Waals surface area contributed by atoms with Crippen LogP contribution in [0.5, 0.6) is 0 Å². The van der Waals surface area contributed by atoms with Gasteiger partial charge in [0.2, 0.25) is 0 Å². The van der Waals surface area contributed by atoms with E-state index in [1.54, 1.807) is 6.20 Å². The Hall–Kier alpha value is -0.200. The minimum atomic E-state index is -0.212. The highest BCUT2D eigenvalue weighted by Gasteiger charge is 2.19. The predicted molar refractivity (Wildman–Crippen MR) is 62.7 cm³/mol. The fraction of sp³-hybridized carbons (Fsp3) is 0.556. The van der Waals surface area contributed by atoms with Gasteiger partial charge in [0.15, 0.2) is 6.23 Å². The summed E-state index contributed by atoms with van der Waals surface area (Å²) in [5.41, 5.74) is -0.156. The van der Waals surface area contributed by atoms with E-state index in [9.17, 15) is 4.79 Å². The standard InChI is InChI=1S/C9H10Br2N2O2/c10-6-5-12-13(9(14)8(6)11)7-3-1-2-4-15-7/h5,7H,1-4H2. The van der Waals surface area contributed by atoms with Crippen LogP contribution in [0.1, 0.15) is 25.5 Å². The molecule has 0 aliphatic carbocycles. The highest BCUT2D eigenvalue weighted by Crippen LogP contribution is 2.22. The fourth-order valence-electron chi connectivity index (χ4n) is 1.55. The maximum Gasteiger partial charge on any atom is 0.284 e. The van der Waals surface area contributed by atoms with Gasteiger partial charge in [0.1, 0.15) is 4.47 Å². The first-order chi connectivity index (χ1) is 7.20. The summed E-state index contributed by atoms with van der Waals surface area (Å²) in [6.07, 6.45) is 4.37. The molecule has 1 aliphatic heterocycles. The third kappa shape index (κ3) is 2.32. The molecule has 0 N–H and O–H groups in total. The van der Waals surface area contributed by atoms with Crippen LogP contribution in [0.2, 0.25) is 0 Å². The number of rotatable bonds is 1. The van der Waals surface area contributed by atoms with Gasteiger partial charge in [0, 0.05) is 6.61 Å². The van der Waals surface area contributed by atoms with Crippen molar-refractivity contribution in [2.45, 2.75) is 25.5 Å². The van der Waals surface area contributed by atoms with Crippen LogP contribution in [0.25, 0.3) is 0 Å². The second-order valence-electron chi connectivity index (χ2n) is 3.38. The molecule has 1 aliphatic rings. The summed E-state index contributed by atoms with van der Waals surface area (Å²) in [4.78, 5) is 11.8. The molecule has 0 bridgehead atoms. The van der Waals surface area contributed by atoms with E-state index in [1.165, 1.54) is 4.68 Å². The van der Waals surface area contributed by atoms with E-state index < -0.39 is 0 Å². The number of hydrogen-bond donors (Lipinski definition) is 0. The van der Waals surface area contributed by atoms with Crippen molar-refractivity contribution in [1.82, 2.24) is 9.78 Å². The number of hydrogen-bond acceptors (Lipinski definition) is 3. The maximum absolute atomic E-state index is 11.8. The molecule has 0 spiro atoms. The van der Waals surface area contributed by atoms with Gasteiger partial charge in [0.05, 0.1) is 10.7 Å². The molecule has 1 aromatic heterocycles. The minimum absolute atomic E-state index is 0.156. The van der Waals surface area contributed by atoms with Crippen LogP contribution in [0.15, 0.2) is 19.9 Å². The van der Waals surface area contributed by atoms with Crippen molar-refractivity contribution in [3.63, 3.8) is 0 Å². The quantitative estimate of drug-likeness (QED) is 0.790. The van der Waals surface area contributed by atoms with Crippen LogP contribution in [0.3, 0.4) is 0 Å². The number of ether oxygens (including phenoxy) is 1. The fourth-order valence-corrected chi connectivity index (χ4v) is 2.09. The van der Waals surface area contributed by atoms with Crippen molar-refractivity contribution < 1.29 is 4.74 Å². The van der Waals surface area contributed by atoms with Crippen molar-refractivity contribution in [3.8, 4) is 0 Å². The Bertz CT molecular complexity index is 413. The second-order valence-corrected chi connectivity index (χ2v) is 5.02. The number of aromatic nitrogens is 2. The lowest BCUT2D eigenvalue weighted by atomic mass is 10.2. The van der Waals surface area contributed by atoms with Gasteiger partial charge in [-0.05, 0) is 51.1 Å². The number of nitrogens with zero attached hydrogens (tertiary/aromatic N) is 2. The first-order valence-electron chi connectivity index (χ1n) is 4.74. The molecule has 1 atom stereocenters. The Kier molecular flexibility index (Phi) is 3.58. The van der Waals surface area contributed by atoms with Gasteiger partial charge in [-0.15, -0.1) is 0 Å². The highest BCUT2D eigenvalue weighted by molar-refractivity contribution is 9.13. The van der Waals surface area contributed by atoms with E-state index in [0.717, 1.165) is 19.3 Å². The average Bonchev–Trinajstić information content (AvgIpc) is 2.27. The van der Waals surface area contributed by atoms with E-state index in [4.69, 9.17) is 4.74 Å². The third-order valence-corrected chi connectivity index (χ3v) is 4.23. The summed E-state index contributed by atoms with van der Waals surface area (Å²) in [7, 11) is 0. The molecule has 2 heterocycles. The van der Waals surface area contributed by atoms with Gasteiger partial charge in [0.25, 0.3) is 5.56 Å². The summed E-state index contributed by atoms with van der Waals surface area (Å²) in [5, 5.41) is 4.06. The van der Waals surface area contributed by atoms with Gasteiger partial charge in [-0.25, -0.2) is 0 Å². The van der Waals surface area contributed by atoms with E-state index in [-0.39, 0.29) is 11.8 Å². The first kappa shape index (κ1) is 11.3. The molecule has 1 aromatic rings. The number of halogens is 2. The lowest BCUT2D eigenvalue weighted by Crippen LogP contribution is -2.31. The Morgan fingerprint density at radius 2 is 2.27 bits per heavy atom. The van der Waals surface area contributed by atoms with Gasteiger partial charge in [-0.1, -0.05) is 0 Å². The van der Waals surface area contributed by atoms with Gasteiger partial charge < -0.3 is 4.74 Å². The van der Waals surface area contributed by atoms with Crippen LogP contribution < -0.4 is 5.56 Å². The molecule has 1 unspecified atom stereocenters. The average molecular weight is 338 g/mol. The van der Waals surface area contributed by atoms with Crippen LogP contribution in [0, 0.1) is 0 Å². The molecule has 2 rings (SSSR count). The summed E-state index contributed by atoms with van der Waals surface area (Å²) in [5.74, 6) is 0. The van der Waals surface area contributed by atoms with Crippen LogP contribution >= 0.6 is 31.9 Å². The smallest absolute Gasteiger partial charge is 0.284 e. The van der Waals surface area contributed by atoms with Crippen molar-refractivity contribution in [1.29, 1.82) is 0 Å². The minimum Gasteiger partial charge on any atom is -0.356 e. The lowest BCUT2D eigenvalue weighted by molar-refractivity contribution is -0.0426.